The molecular weight excluding hydrogens is 288 g/mol. The van der Waals surface area contributed by atoms with Gasteiger partial charge >= 0.3 is 0 Å². The first-order chi connectivity index (χ1) is 9.72. The third-order valence-electron chi connectivity index (χ3n) is 3.55. The Balaban J connectivity index is 2.00. The third kappa shape index (κ3) is 2.24. The van der Waals surface area contributed by atoms with E-state index in [1.54, 1.807) is 22.7 Å². The van der Waals surface area contributed by atoms with E-state index in [4.69, 9.17) is 4.98 Å². The molecule has 20 heavy (non-hydrogen) atoms. The van der Waals surface area contributed by atoms with E-state index in [1.165, 1.54) is 10.6 Å². The van der Waals surface area contributed by atoms with Gasteiger partial charge in [0.15, 0.2) is 10.8 Å². The standard InChI is InChI=1S/C14H18N4S2/c1-10(12-5-4-7-19-12)17(3)13-11(9-15-2)18-6-8-20-14(18)16-13/h4-8,10,15H,9H2,1-3H3. The van der Waals surface area contributed by atoms with E-state index < -0.39 is 0 Å². The van der Waals surface area contributed by atoms with Crippen molar-refractivity contribution >= 4 is 33.5 Å². The van der Waals surface area contributed by atoms with E-state index >= 15 is 0 Å². The summed E-state index contributed by atoms with van der Waals surface area (Å²) in [5.74, 6) is 1.06. The van der Waals surface area contributed by atoms with Crippen molar-refractivity contribution in [2.75, 3.05) is 19.0 Å². The molecule has 1 N–H and O–H groups in total. The van der Waals surface area contributed by atoms with Crippen LogP contribution in [0, 0.1) is 0 Å². The summed E-state index contributed by atoms with van der Waals surface area (Å²) < 4.78 is 2.17. The molecule has 3 aromatic rings. The average molecular weight is 306 g/mol. The van der Waals surface area contributed by atoms with Gasteiger partial charge in [-0.3, -0.25) is 4.40 Å². The van der Waals surface area contributed by atoms with Gasteiger partial charge in [-0.2, -0.15) is 0 Å². The summed E-state index contributed by atoms with van der Waals surface area (Å²) in [7, 11) is 4.09. The van der Waals surface area contributed by atoms with Crippen molar-refractivity contribution in [2.45, 2.75) is 19.5 Å². The van der Waals surface area contributed by atoms with Gasteiger partial charge in [0.1, 0.15) is 0 Å². The van der Waals surface area contributed by atoms with Crippen molar-refractivity contribution in [2.24, 2.45) is 0 Å². The lowest BCUT2D eigenvalue weighted by molar-refractivity contribution is 0.722. The summed E-state index contributed by atoms with van der Waals surface area (Å²) in [4.78, 5) is 9.47. The van der Waals surface area contributed by atoms with Crippen molar-refractivity contribution in [3.05, 3.63) is 39.7 Å². The Bertz CT molecular complexity index is 683. The summed E-state index contributed by atoms with van der Waals surface area (Å²) in [5.41, 5.74) is 1.22. The Morgan fingerprint density at radius 3 is 2.95 bits per heavy atom. The minimum Gasteiger partial charge on any atom is -0.351 e. The summed E-state index contributed by atoms with van der Waals surface area (Å²) >= 11 is 3.47. The van der Waals surface area contributed by atoms with Gasteiger partial charge < -0.3 is 10.2 Å². The van der Waals surface area contributed by atoms with Crippen molar-refractivity contribution in [1.82, 2.24) is 14.7 Å². The normalized spacial score (nSPS) is 12.9. The van der Waals surface area contributed by atoms with Crippen LogP contribution in [0.5, 0.6) is 0 Å². The van der Waals surface area contributed by atoms with Gasteiger partial charge in [0, 0.05) is 30.0 Å². The minimum absolute atomic E-state index is 0.329. The molecular formula is C14H18N4S2. The smallest absolute Gasteiger partial charge is 0.195 e. The zero-order valence-electron chi connectivity index (χ0n) is 11.8. The van der Waals surface area contributed by atoms with Crippen LogP contribution in [0.1, 0.15) is 23.5 Å². The monoisotopic (exact) mass is 306 g/mol. The molecule has 0 spiro atoms. The Morgan fingerprint density at radius 2 is 2.25 bits per heavy atom. The molecule has 0 saturated carbocycles. The van der Waals surface area contributed by atoms with E-state index in [0.29, 0.717) is 6.04 Å². The highest BCUT2D eigenvalue weighted by Gasteiger charge is 2.21. The topological polar surface area (TPSA) is 32.6 Å². The van der Waals surface area contributed by atoms with Gasteiger partial charge in [0.05, 0.1) is 11.7 Å². The molecule has 1 atom stereocenters. The van der Waals surface area contributed by atoms with Gasteiger partial charge in [0.2, 0.25) is 0 Å². The highest BCUT2D eigenvalue weighted by atomic mass is 32.1. The van der Waals surface area contributed by atoms with Gasteiger partial charge in [-0.05, 0) is 25.4 Å². The molecule has 0 aliphatic heterocycles. The van der Waals surface area contributed by atoms with E-state index in [9.17, 15) is 0 Å². The minimum atomic E-state index is 0.329. The molecule has 0 amide bonds. The first kappa shape index (κ1) is 13.6. The van der Waals surface area contributed by atoms with E-state index in [0.717, 1.165) is 17.3 Å². The number of fused-ring (bicyclic) bond motifs is 1. The van der Waals surface area contributed by atoms with Crippen LogP contribution in [-0.4, -0.2) is 23.5 Å². The van der Waals surface area contributed by atoms with Gasteiger partial charge in [0.25, 0.3) is 0 Å². The number of nitrogens with one attached hydrogen (secondary N) is 1. The van der Waals surface area contributed by atoms with Gasteiger partial charge in [-0.25, -0.2) is 4.98 Å². The fraction of sp³-hybridized carbons (Fsp3) is 0.357. The Kier molecular flexibility index (Phi) is 3.78. The highest BCUT2D eigenvalue weighted by molar-refractivity contribution is 7.15. The molecule has 0 aliphatic rings. The Hall–Kier alpha value is -1.37. The second kappa shape index (κ2) is 5.55. The zero-order valence-corrected chi connectivity index (χ0v) is 13.5. The lowest BCUT2D eigenvalue weighted by Gasteiger charge is -2.25. The first-order valence-electron chi connectivity index (χ1n) is 6.57. The number of thiazole rings is 1. The SMILES string of the molecule is CNCc1c(N(C)C(C)c2cccs2)nc2sccn12. The molecule has 3 rings (SSSR count). The molecule has 6 heteroatoms. The highest BCUT2D eigenvalue weighted by Crippen LogP contribution is 2.31. The van der Waals surface area contributed by atoms with Crippen LogP contribution < -0.4 is 10.2 Å². The molecule has 1 unspecified atom stereocenters. The largest absolute Gasteiger partial charge is 0.351 e. The van der Waals surface area contributed by atoms with Crippen LogP contribution in [-0.2, 0) is 6.54 Å². The number of aromatic nitrogens is 2. The summed E-state index contributed by atoms with van der Waals surface area (Å²) in [5, 5.41) is 7.44. The van der Waals surface area contributed by atoms with Crippen molar-refractivity contribution in [1.29, 1.82) is 0 Å². The Morgan fingerprint density at radius 1 is 1.40 bits per heavy atom. The predicted octanol–water partition coefficient (Wildman–Crippen LogP) is 3.37. The second-order valence-electron chi connectivity index (χ2n) is 4.77. The maximum atomic E-state index is 4.79. The first-order valence-corrected chi connectivity index (χ1v) is 8.33. The zero-order chi connectivity index (χ0) is 14.1. The predicted molar refractivity (Wildman–Crippen MR) is 87.0 cm³/mol. The molecule has 0 radical (unpaired) electrons. The number of thiophene rings is 1. The molecule has 4 nitrogen and oxygen atoms in total. The number of hydrogen-bond donors (Lipinski definition) is 1. The molecule has 3 heterocycles. The van der Waals surface area contributed by atoms with Crippen LogP contribution >= 0.6 is 22.7 Å². The molecule has 0 aliphatic carbocycles. The maximum absolute atomic E-state index is 4.79. The molecule has 3 aromatic heterocycles. The van der Waals surface area contributed by atoms with Crippen molar-refractivity contribution in [3.63, 3.8) is 0 Å². The number of hydrogen-bond acceptors (Lipinski definition) is 5. The molecule has 106 valence electrons. The fourth-order valence-electron chi connectivity index (χ4n) is 2.34. The van der Waals surface area contributed by atoms with Crippen LogP contribution in [0.2, 0.25) is 0 Å². The van der Waals surface area contributed by atoms with Crippen LogP contribution in [0.4, 0.5) is 5.82 Å². The lowest BCUT2D eigenvalue weighted by Crippen LogP contribution is -2.23. The van der Waals surface area contributed by atoms with E-state index in [2.05, 4.69) is 57.7 Å². The van der Waals surface area contributed by atoms with E-state index in [1.807, 2.05) is 7.05 Å². The molecule has 0 fully saturated rings. The number of rotatable bonds is 5. The van der Waals surface area contributed by atoms with Gasteiger partial charge in [-0.1, -0.05) is 6.07 Å². The number of anilines is 1. The number of imidazole rings is 1. The summed E-state index contributed by atoms with van der Waals surface area (Å²) in [6.07, 6.45) is 2.09. The van der Waals surface area contributed by atoms with Crippen molar-refractivity contribution in [3.8, 4) is 0 Å². The molecule has 0 bridgehead atoms. The molecule has 0 aromatic carbocycles. The number of nitrogens with zero attached hydrogens (tertiary/aromatic N) is 3. The quantitative estimate of drug-likeness (QED) is 0.784. The lowest BCUT2D eigenvalue weighted by atomic mass is 10.2. The summed E-state index contributed by atoms with van der Waals surface area (Å²) in [6.45, 7) is 3.04. The third-order valence-corrected chi connectivity index (χ3v) is 5.35. The fourth-order valence-corrected chi connectivity index (χ4v) is 3.89. The second-order valence-corrected chi connectivity index (χ2v) is 6.62. The average Bonchev–Trinajstić information content (AvgIpc) is 3.15. The molecule has 0 saturated heterocycles. The van der Waals surface area contributed by atoms with Crippen LogP contribution in [0.15, 0.2) is 29.1 Å². The summed E-state index contributed by atoms with van der Waals surface area (Å²) in [6, 6.07) is 4.61. The maximum Gasteiger partial charge on any atom is 0.195 e. The van der Waals surface area contributed by atoms with Gasteiger partial charge in [-0.15, -0.1) is 22.7 Å². The van der Waals surface area contributed by atoms with E-state index in [-0.39, 0.29) is 0 Å². The van der Waals surface area contributed by atoms with Crippen LogP contribution in [0.25, 0.3) is 4.96 Å². The van der Waals surface area contributed by atoms with Crippen LogP contribution in [0.3, 0.4) is 0 Å². The van der Waals surface area contributed by atoms with Crippen molar-refractivity contribution < 1.29 is 0 Å². The Labute approximate surface area is 126 Å².